The Balaban J connectivity index is 1.63. The number of rotatable bonds is 5. The number of aromatic nitrogens is 2. The number of fused-ring (bicyclic) bond motifs is 3. The second-order valence-electron chi connectivity index (χ2n) is 6.07. The van der Waals surface area contributed by atoms with Gasteiger partial charge in [-0.2, -0.15) is 0 Å². The van der Waals surface area contributed by atoms with Gasteiger partial charge in [-0.1, -0.05) is 6.42 Å². The number of benzene rings is 1. The molecule has 1 aliphatic rings. The summed E-state index contributed by atoms with van der Waals surface area (Å²) < 4.78 is 2.28. The third-order valence-corrected chi connectivity index (χ3v) is 4.22. The van der Waals surface area contributed by atoms with Crippen LogP contribution in [0.5, 0.6) is 0 Å². The van der Waals surface area contributed by atoms with E-state index < -0.39 is 5.97 Å². The highest BCUT2D eigenvalue weighted by Crippen LogP contribution is 2.24. The molecule has 0 fully saturated rings. The lowest BCUT2D eigenvalue weighted by atomic mass is 10.2. The SMILES string of the molecule is O=C(O)CCCNC(=O)Nc1ccc2c(c1)nc1n2CCCCC1. The molecule has 0 radical (unpaired) electrons. The van der Waals surface area contributed by atoms with Crippen molar-refractivity contribution < 1.29 is 14.7 Å². The highest BCUT2D eigenvalue weighted by atomic mass is 16.4. The Labute approximate surface area is 140 Å². The molecule has 0 unspecified atom stereocenters. The fraction of sp³-hybridized carbons (Fsp3) is 0.471. The average molecular weight is 330 g/mol. The second kappa shape index (κ2) is 7.33. The van der Waals surface area contributed by atoms with Crippen LogP contribution in [-0.4, -0.2) is 33.2 Å². The number of carbonyl (C=O) groups excluding carboxylic acids is 1. The van der Waals surface area contributed by atoms with Gasteiger partial charge in [-0.05, 0) is 37.5 Å². The lowest BCUT2D eigenvalue weighted by molar-refractivity contribution is -0.137. The zero-order chi connectivity index (χ0) is 16.9. The van der Waals surface area contributed by atoms with Crippen molar-refractivity contribution in [2.75, 3.05) is 11.9 Å². The number of imidazole rings is 1. The fourth-order valence-corrected chi connectivity index (χ4v) is 3.04. The summed E-state index contributed by atoms with van der Waals surface area (Å²) in [6.45, 7) is 1.34. The van der Waals surface area contributed by atoms with E-state index in [0.717, 1.165) is 29.8 Å². The molecule has 7 heteroatoms. The summed E-state index contributed by atoms with van der Waals surface area (Å²) >= 11 is 0. The van der Waals surface area contributed by atoms with Crippen LogP contribution in [0.25, 0.3) is 11.0 Å². The molecule has 0 bridgehead atoms. The molecule has 0 spiro atoms. The van der Waals surface area contributed by atoms with Crippen molar-refractivity contribution in [3.63, 3.8) is 0 Å². The number of nitrogens with one attached hydrogen (secondary N) is 2. The molecule has 1 aromatic heterocycles. The van der Waals surface area contributed by atoms with Gasteiger partial charge in [0, 0.05) is 31.6 Å². The van der Waals surface area contributed by atoms with E-state index in [1.165, 1.54) is 19.3 Å². The van der Waals surface area contributed by atoms with E-state index in [0.29, 0.717) is 18.7 Å². The van der Waals surface area contributed by atoms with Gasteiger partial charge in [0.25, 0.3) is 0 Å². The Kier molecular flexibility index (Phi) is 4.98. The topological polar surface area (TPSA) is 96.2 Å². The largest absolute Gasteiger partial charge is 0.481 e. The number of aliphatic carboxylic acids is 1. The van der Waals surface area contributed by atoms with Gasteiger partial charge in [0.1, 0.15) is 5.82 Å². The minimum absolute atomic E-state index is 0.0481. The van der Waals surface area contributed by atoms with Crippen LogP contribution in [0, 0.1) is 0 Å². The molecule has 2 heterocycles. The van der Waals surface area contributed by atoms with Gasteiger partial charge in [0.05, 0.1) is 11.0 Å². The molecule has 2 amide bonds. The van der Waals surface area contributed by atoms with Crippen LogP contribution in [0.3, 0.4) is 0 Å². The molecule has 3 rings (SSSR count). The van der Waals surface area contributed by atoms with Crippen LogP contribution >= 0.6 is 0 Å². The number of amides is 2. The molecule has 24 heavy (non-hydrogen) atoms. The molecular weight excluding hydrogens is 308 g/mol. The minimum Gasteiger partial charge on any atom is -0.481 e. The molecule has 1 aromatic carbocycles. The molecule has 2 aromatic rings. The van der Waals surface area contributed by atoms with Crippen LogP contribution in [0.1, 0.15) is 37.9 Å². The van der Waals surface area contributed by atoms with E-state index in [2.05, 4.69) is 15.2 Å². The first-order chi connectivity index (χ1) is 11.6. The number of urea groups is 1. The third-order valence-electron chi connectivity index (χ3n) is 4.22. The van der Waals surface area contributed by atoms with Crippen molar-refractivity contribution in [3.8, 4) is 0 Å². The van der Waals surface area contributed by atoms with Gasteiger partial charge < -0.3 is 20.3 Å². The Morgan fingerprint density at radius 3 is 2.96 bits per heavy atom. The molecule has 1 aliphatic heterocycles. The lowest BCUT2D eigenvalue weighted by Crippen LogP contribution is -2.29. The number of carbonyl (C=O) groups is 2. The molecule has 0 atom stereocenters. The third kappa shape index (κ3) is 3.84. The number of carboxylic acids is 1. The number of carboxylic acid groups (broad SMARTS) is 1. The Morgan fingerprint density at radius 1 is 1.25 bits per heavy atom. The number of hydrogen-bond acceptors (Lipinski definition) is 3. The van der Waals surface area contributed by atoms with Crippen molar-refractivity contribution in [1.82, 2.24) is 14.9 Å². The molecule has 7 nitrogen and oxygen atoms in total. The highest BCUT2D eigenvalue weighted by molar-refractivity contribution is 5.92. The zero-order valence-corrected chi connectivity index (χ0v) is 13.5. The molecule has 0 saturated carbocycles. The number of nitrogens with zero attached hydrogens (tertiary/aromatic N) is 2. The lowest BCUT2D eigenvalue weighted by Gasteiger charge is -2.08. The highest BCUT2D eigenvalue weighted by Gasteiger charge is 2.14. The monoisotopic (exact) mass is 330 g/mol. The standard InChI is InChI=1S/C17H22N4O3/c22-16(23)6-4-9-18-17(24)19-12-7-8-14-13(11-12)20-15-5-2-1-3-10-21(14)15/h7-8,11H,1-6,9-10H2,(H,22,23)(H2,18,19,24). The van der Waals surface area contributed by atoms with Crippen molar-refractivity contribution >= 4 is 28.7 Å². The van der Waals surface area contributed by atoms with Gasteiger partial charge in [-0.3, -0.25) is 4.79 Å². The zero-order valence-electron chi connectivity index (χ0n) is 13.5. The Morgan fingerprint density at radius 2 is 2.12 bits per heavy atom. The van der Waals surface area contributed by atoms with Crippen LogP contribution in [0.15, 0.2) is 18.2 Å². The minimum atomic E-state index is -0.859. The summed E-state index contributed by atoms with van der Waals surface area (Å²) in [5, 5.41) is 14.0. The molecule has 3 N–H and O–H groups in total. The van der Waals surface area contributed by atoms with Crippen LogP contribution < -0.4 is 10.6 Å². The van der Waals surface area contributed by atoms with E-state index in [1.807, 2.05) is 18.2 Å². The maximum Gasteiger partial charge on any atom is 0.319 e. The Bertz CT molecular complexity index is 754. The second-order valence-corrected chi connectivity index (χ2v) is 6.07. The Hall–Kier alpha value is -2.57. The van der Waals surface area contributed by atoms with Crippen LogP contribution in [0.4, 0.5) is 10.5 Å². The van der Waals surface area contributed by atoms with E-state index in [-0.39, 0.29) is 12.5 Å². The predicted molar refractivity (Wildman–Crippen MR) is 91.2 cm³/mol. The summed E-state index contributed by atoms with van der Waals surface area (Å²) in [7, 11) is 0. The van der Waals surface area contributed by atoms with Crippen LogP contribution in [0.2, 0.25) is 0 Å². The fourth-order valence-electron chi connectivity index (χ4n) is 3.04. The average Bonchev–Trinajstić information content (AvgIpc) is 2.72. The molecule has 0 saturated heterocycles. The van der Waals surface area contributed by atoms with Crippen molar-refractivity contribution in [2.45, 2.75) is 45.1 Å². The summed E-state index contributed by atoms with van der Waals surface area (Å²) in [6, 6.07) is 5.42. The van der Waals surface area contributed by atoms with E-state index in [4.69, 9.17) is 10.1 Å². The van der Waals surface area contributed by atoms with Crippen molar-refractivity contribution in [1.29, 1.82) is 0 Å². The van der Waals surface area contributed by atoms with Gasteiger partial charge >= 0.3 is 12.0 Å². The van der Waals surface area contributed by atoms with E-state index in [9.17, 15) is 9.59 Å². The summed E-state index contributed by atoms with van der Waals surface area (Å²) in [5.74, 6) is 0.264. The number of anilines is 1. The van der Waals surface area contributed by atoms with Gasteiger partial charge in [-0.25, -0.2) is 9.78 Å². The summed E-state index contributed by atoms with van der Waals surface area (Å²) in [6.07, 6.45) is 5.06. The van der Waals surface area contributed by atoms with E-state index in [1.54, 1.807) is 0 Å². The van der Waals surface area contributed by atoms with Crippen molar-refractivity contribution in [2.24, 2.45) is 0 Å². The van der Waals surface area contributed by atoms with Gasteiger partial charge in [0.2, 0.25) is 0 Å². The molecular formula is C17H22N4O3. The summed E-state index contributed by atoms with van der Waals surface area (Å²) in [4.78, 5) is 27.0. The molecule has 0 aliphatic carbocycles. The smallest absolute Gasteiger partial charge is 0.319 e. The van der Waals surface area contributed by atoms with Gasteiger partial charge in [0.15, 0.2) is 0 Å². The first kappa shape index (κ1) is 16.3. The maximum atomic E-state index is 11.8. The van der Waals surface area contributed by atoms with Crippen molar-refractivity contribution in [3.05, 3.63) is 24.0 Å². The first-order valence-electron chi connectivity index (χ1n) is 8.39. The molecule has 128 valence electrons. The number of aryl methyl sites for hydroxylation is 2. The summed E-state index contributed by atoms with van der Waals surface area (Å²) in [5.41, 5.74) is 2.70. The maximum absolute atomic E-state index is 11.8. The first-order valence-corrected chi connectivity index (χ1v) is 8.39. The predicted octanol–water partition coefficient (Wildman–Crippen LogP) is 2.75. The van der Waals surface area contributed by atoms with Crippen LogP contribution in [-0.2, 0) is 17.8 Å². The number of hydrogen-bond donors (Lipinski definition) is 3. The quantitative estimate of drug-likeness (QED) is 0.734. The normalized spacial score (nSPS) is 14.0. The van der Waals surface area contributed by atoms with Gasteiger partial charge in [-0.15, -0.1) is 0 Å². The van der Waals surface area contributed by atoms with E-state index >= 15 is 0 Å².